The van der Waals surface area contributed by atoms with Crippen LogP contribution in [0.5, 0.6) is 0 Å². The Morgan fingerprint density at radius 1 is 1.35 bits per heavy atom. The molecule has 20 heavy (non-hydrogen) atoms. The molecule has 112 valence electrons. The van der Waals surface area contributed by atoms with Crippen LogP contribution in [0.2, 0.25) is 0 Å². The van der Waals surface area contributed by atoms with Gasteiger partial charge in [-0.05, 0) is 24.7 Å². The predicted molar refractivity (Wildman–Crippen MR) is 82.5 cm³/mol. The number of nitrogens with zero attached hydrogens (tertiary/aromatic N) is 3. The van der Waals surface area contributed by atoms with Gasteiger partial charge in [0.15, 0.2) is 0 Å². The molecule has 0 aromatic carbocycles. The van der Waals surface area contributed by atoms with E-state index in [2.05, 4.69) is 41.1 Å². The Bertz CT molecular complexity index is 430. The molecule has 1 saturated heterocycles. The van der Waals surface area contributed by atoms with Gasteiger partial charge in [0.05, 0.1) is 0 Å². The lowest BCUT2D eigenvalue weighted by atomic mass is 9.99. The number of hydrogen-bond donors (Lipinski definition) is 1. The van der Waals surface area contributed by atoms with Crippen molar-refractivity contribution in [1.29, 1.82) is 0 Å². The van der Waals surface area contributed by atoms with E-state index in [4.69, 9.17) is 4.74 Å². The molecule has 5 nitrogen and oxygen atoms in total. The summed E-state index contributed by atoms with van der Waals surface area (Å²) in [5.41, 5.74) is 1.20. The fourth-order valence-corrected chi connectivity index (χ4v) is 2.82. The molecular formula is C15H26N4O. The molecule has 0 bridgehead atoms. The first kappa shape index (κ1) is 15.0. The number of anilines is 2. The van der Waals surface area contributed by atoms with E-state index in [1.54, 1.807) is 6.33 Å². The van der Waals surface area contributed by atoms with Crippen LogP contribution in [-0.4, -0.2) is 43.8 Å². The molecule has 0 saturated carbocycles. The lowest BCUT2D eigenvalue weighted by Crippen LogP contribution is -2.31. The molecule has 1 aromatic heterocycles. The number of ether oxygens (including phenoxy) is 1. The number of aromatic nitrogens is 2. The van der Waals surface area contributed by atoms with E-state index in [-0.39, 0.29) is 0 Å². The van der Waals surface area contributed by atoms with Crippen LogP contribution in [0.15, 0.2) is 6.33 Å². The van der Waals surface area contributed by atoms with Gasteiger partial charge in [-0.1, -0.05) is 13.8 Å². The third kappa shape index (κ3) is 3.39. The first-order valence-electron chi connectivity index (χ1n) is 7.45. The van der Waals surface area contributed by atoms with Crippen LogP contribution >= 0.6 is 0 Å². The van der Waals surface area contributed by atoms with Crippen molar-refractivity contribution < 1.29 is 4.74 Å². The maximum absolute atomic E-state index is 5.43. The average Bonchev–Trinajstić information content (AvgIpc) is 2.47. The van der Waals surface area contributed by atoms with Crippen LogP contribution in [0.4, 0.5) is 11.6 Å². The van der Waals surface area contributed by atoms with Crippen molar-refractivity contribution in [3.63, 3.8) is 0 Å². The minimum atomic E-state index is 0.394. The summed E-state index contributed by atoms with van der Waals surface area (Å²) in [5, 5.41) is 3.18. The van der Waals surface area contributed by atoms with Gasteiger partial charge in [-0.15, -0.1) is 0 Å². The second-order valence-corrected chi connectivity index (χ2v) is 5.80. The van der Waals surface area contributed by atoms with Crippen molar-refractivity contribution >= 4 is 11.6 Å². The van der Waals surface area contributed by atoms with Crippen molar-refractivity contribution in [3.05, 3.63) is 11.9 Å². The van der Waals surface area contributed by atoms with E-state index >= 15 is 0 Å². The second-order valence-electron chi connectivity index (χ2n) is 5.80. The van der Waals surface area contributed by atoms with Gasteiger partial charge >= 0.3 is 0 Å². The van der Waals surface area contributed by atoms with Gasteiger partial charge < -0.3 is 15.0 Å². The Balaban J connectivity index is 2.17. The van der Waals surface area contributed by atoms with Gasteiger partial charge in [-0.2, -0.15) is 0 Å². The molecule has 0 radical (unpaired) electrons. The summed E-state index contributed by atoms with van der Waals surface area (Å²) in [6.45, 7) is 7.18. The van der Waals surface area contributed by atoms with Gasteiger partial charge in [0.25, 0.3) is 0 Å². The third-order valence-electron chi connectivity index (χ3n) is 3.91. The molecule has 0 aliphatic carbocycles. The summed E-state index contributed by atoms with van der Waals surface area (Å²) in [5.74, 6) is 3.07. The number of hydrogen-bond acceptors (Lipinski definition) is 5. The monoisotopic (exact) mass is 278 g/mol. The van der Waals surface area contributed by atoms with Crippen LogP contribution in [0.25, 0.3) is 0 Å². The number of rotatable bonds is 5. The minimum absolute atomic E-state index is 0.394. The molecule has 0 spiro atoms. The highest BCUT2D eigenvalue weighted by molar-refractivity contribution is 5.59. The molecule has 2 heterocycles. The zero-order valence-electron chi connectivity index (χ0n) is 13.0. The lowest BCUT2D eigenvalue weighted by Gasteiger charge is -2.29. The fourth-order valence-electron chi connectivity index (χ4n) is 2.82. The van der Waals surface area contributed by atoms with Crippen LogP contribution in [-0.2, 0) is 4.74 Å². The van der Waals surface area contributed by atoms with Gasteiger partial charge in [0.1, 0.15) is 18.0 Å². The number of nitrogens with one attached hydrogen (secondary N) is 1. The fraction of sp³-hybridized carbons (Fsp3) is 0.733. The van der Waals surface area contributed by atoms with E-state index < -0.39 is 0 Å². The average molecular weight is 278 g/mol. The van der Waals surface area contributed by atoms with Gasteiger partial charge in [0.2, 0.25) is 0 Å². The first-order chi connectivity index (χ1) is 9.63. The summed E-state index contributed by atoms with van der Waals surface area (Å²) in [7, 11) is 4.04. The molecule has 1 fully saturated rings. The largest absolute Gasteiger partial charge is 0.381 e. The molecule has 2 rings (SSSR count). The van der Waals surface area contributed by atoms with Crippen LogP contribution in [0.1, 0.15) is 38.2 Å². The van der Waals surface area contributed by atoms with Crippen molar-refractivity contribution in [3.8, 4) is 0 Å². The maximum Gasteiger partial charge on any atom is 0.137 e. The van der Waals surface area contributed by atoms with Gasteiger partial charge in [-0.25, -0.2) is 9.97 Å². The summed E-state index contributed by atoms with van der Waals surface area (Å²) >= 11 is 0. The van der Waals surface area contributed by atoms with Gasteiger partial charge in [-0.3, -0.25) is 0 Å². The Kier molecular flexibility index (Phi) is 5.17. The molecule has 0 unspecified atom stereocenters. The van der Waals surface area contributed by atoms with E-state index in [0.29, 0.717) is 11.8 Å². The van der Waals surface area contributed by atoms with E-state index in [9.17, 15) is 0 Å². The highest BCUT2D eigenvalue weighted by atomic mass is 16.5. The minimum Gasteiger partial charge on any atom is -0.381 e. The Labute approximate surface area is 121 Å². The van der Waals surface area contributed by atoms with Crippen LogP contribution in [0.3, 0.4) is 0 Å². The van der Waals surface area contributed by atoms with E-state index in [1.165, 1.54) is 5.56 Å². The molecule has 1 aliphatic heterocycles. The van der Waals surface area contributed by atoms with Crippen molar-refractivity contribution in [1.82, 2.24) is 9.97 Å². The standard InChI is InChI=1S/C15H26N4O/c1-11(2)13-14(16-3)17-10-18-15(13)19(4)9-12-5-7-20-8-6-12/h10-12H,5-9H2,1-4H3,(H,16,17,18). The molecular weight excluding hydrogens is 252 g/mol. The Morgan fingerprint density at radius 3 is 2.65 bits per heavy atom. The van der Waals surface area contributed by atoms with Gasteiger partial charge in [0, 0.05) is 39.4 Å². The maximum atomic E-state index is 5.43. The zero-order valence-corrected chi connectivity index (χ0v) is 13.0. The van der Waals surface area contributed by atoms with Crippen LogP contribution < -0.4 is 10.2 Å². The normalized spacial score (nSPS) is 16.4. The van der Waals surface area contributed by atoms with Crippen molar-refractivity contribution in [2.24, 2.45) is 5.92 Å². The summed E-state index contributed by atoms with van der Waals surface area (Å²) in [6.07, 6.45) is 3.93. The highest BCUT2D eigenvalue weighted by Crippen LogP contribution is 2.31. The smallest absolute Gasteiger partial charge is 0.137 e. The quantitative estimate of drug-likeness (QED) is 0.897. The molecule has 0 amide bonds. The highest BCUT2D eigenvalue weighted by Gasteiger charge is 2.21. The van der Waals surface area contributed by atoms with E-state index in [1.807, 2.05) is 7.05 Å². The predicted octanol–water partition coefficient (Wildman–Crippen LogP) is 2.50. The molecule has 1 aromatic rings. The van der Waals surface area contributed by atoms with Crippen LogP contribution in [0, 0.1) is 5.92 Å². The first-order valence-corrected chi connectivity index (χ1v) is 7.45. The third-order valence-corrected chi connectivity index (χ3v) is 3.91. The Morgan fingerprint density at radius 2 is 2.05 bits per heavy atom. The van der Waals surface area contributed by atoms with E-state index in [0.717, 1.165) is 44.2 Å². The summed E-state index contributed by atoms with van der Waals surface area (Å²) < 4.78 is 5.43. The molecule has 5 heteroatoms. The Hall–Kier alpha value is -1.36. The molecule has 1 N–H and O–H groups in total. The summed E-state index contributed by atoms with van der Waals surface area (Å²) in [6, 6.07) is 0. The van der Waals surface area contributed by atoms with Crippen molar-refractivity contribution in [2.75, 3.05) is 44.1 Å². The zero-order chi connectivity index (χ0) is 14.5. The SMILES string of the molecule is CNc1ncnc(N(C)CC2CCOCC2)c1C(C)C. The molecule has 1 aliphatic rings. The lowest BCUT2D eigenvalue weighted by molar-refractivity contribution is 0.0685. The topological polar surface area (TPSA) is 50.3 Å². The summed E-state index contributed by atoms with van der Waals surface area (Å²) in [4.78, 5) is 11.1. The second kappa shape index (κ2) is 6.88. The van der Waals surface area contributed by atoms with Crippen molar-refractivity contribution in [2.45, 2.75) is 32.6 Å². The molecule has 0 atom stereocenters.